The maximum atomic E-state index is 6.16. The van der Waals surface area contributed by atoms with E-state index in [-0.39, 0.29) is 6.04 Å². The number of rotatable bonds is 2. The molecule has 0 spiro atoms. The molecule has 1 aliphatic heterocycles. The third-order valence-corrected chi connectivity index (χ3v) is 4.54. The molecular formula is C9H14N2S2. The van der Waals surface area contributed by atoms with Crippen LogP contribution in [0.3, 0.4) is 0 Å². The predicted octanol–water partition coefficient (Wildman–Crippen LogP) is 2.43. The zero-order valence-corrected chi connectivity index (χ0v) is 9.11. The normalized spacial score (nSPS) is 25.8. The SMILES string of the molecule is NC(c1cnsc1)C1CCCCS1. The summed E-state index contributed by atoms with van der Waals surface area (Å²) >= 11 is 3.51. The van der Waals surface area contributed by atoms with Gasteiger partial charge >= 0.3 is 0 Å². The third-order valence-electron chi connectivity index (χ3n) is 2.45. The van der Waals surface area contributed by atoms with Crippen LogP contribution < -0.4 is 5.73 Å². The lowest BCUT2D eigenvalue weighted by molar-refractivity contribution is 0.582. The second-order valence-electron chi connectivity index (χ2n) is 3.39. The number of nitrogens with zero attached hydrogens (tertiary/aromatic N) is 1. The summed E-state index contributed by atoms with van der Waals surface area (Å²) in [6.07, 6.45) is 5.87. The summed E-state index contributed by atoms with van der Waals surface area (Å²) < 4.78 is 4.09. The number of nitrogens with two attached hydrogens (primary N) is 1. The van der Waals surface area contributed by atoms with Crippen molar-refractivity contribution in [2.24, 2.45) is 5.73 Å². The van der Waals surface area contributed by atoms with Crippen LogP contribution in [0.2, 0.25) is 0 Å². The second-order valence-corrected chi connectivity index (χ2v) is 5.39. The lowest BCUT2D eigenvalue weighted by Crippen LogP contribution is -2.25. The van der Waals surface area contributed by atoms with Gasteiger partial charge in [0.25, 0.3) is 0 Å². The molecule has 1 fully saturated rings. The van der Waals surface area contributed by atoms with Crippen molar-refractivity contribution >= 4 is 23.3 Å². The highest BCUT2D eigenvalue weighted by atomic mass is 32.2. The number of hydrogen-bond acceptors (Lipinski definition) is 4. The Balaban J connectivity index is 1.99. The molecule has 0 radical (unpaired) electrons. The molecular weight excluding hydrogens is 200 g/mol. The Bertz CT molecular complexity index is 242. The molecule has 0 saturated carbocycles. The van der Waals surface area contributed by atoms with Crippen molar-refractivity contribution in [3.8, 4) is 0 Å². The minimum atomic E-state index is 0.198. The van der Waals surface area contributed by atoms with Crippen LogP contribution in [0.5, 0.6) is 0 Å². The highest BCUT2D eigenvalue weighted by Gasteiger charge is 2.22. The van der Waals surface area contributed by atoms with Gasteiger partial charge in [0.1, 0.15) is 0 Å². The Kier molecular flexibility index (Phi) is 3.24. The second kappa shape index (κ2) is 4.44. The maximum Gasteiger partial charge on any atom is 0.0455 e. The van der Waals surface area contributed by atoms with Gasteiger partial charge in [0.2, 0.25) is 0 Å². The van der Waals surface area contributed by atoms with Crippen molar-refractivity contribution in [3.63, 3.8) is 0 Å². The zero-order valence-electron chi connectivity index (χ0n) is 7.48. The molecule has 2 N–H and O–H groups in total. The number of hydrogen-bond donors (Lipinski definition) is 1. The van der Waals surface area contributed by atoms with Gasteiger partial charge in [0.15, 0.2) is 0 Å². The molecule has 1 aromatic heterocycles. The first-order valence-electron chi connectivity index (χ1n) is 4.64. The summed E-state index contributed by atoms with van der Waals surface area (Å²) in [6, 6.07) is 0.198. The van der Waals surface area contributed by atoms with E-state index in [1.807, 2.05) is 18.0 Å². The van der Waals surface area contributed by atoms with Crippen LogP contribution in [0, 0.1) is 0 Å². The van der Waals surface area contributed by atoms with E-state index in [9.17, 15) is 0 Å². The van der Waals surface area contributed by atoms with Gasteiger partial charge in [-0.1, -0.05) is 6.42 Å². The molecule has 4 heteroatoms. The van der Waals surface area contributed by atoms with Crippen LogP contribution >= 0.6 is 23.3 Å². The molecule has 1 aromatic rings. The Labute approximate surface area is 87.1 Å². The van der Waals surface area contributed by atoms with Crippen molar-refractivity contribution in [3.05, 3.63) is 17.1 Å². The summed E-state index contributed by atoms with van der Waals surface area (Å²) in [5.74, 6) is 1.27. The highest BCUT2D eigenvalue weighted by molar-refractivity contribution is 8.00. The third kappa shape index (κ3) is 2.24. The fourth-order valence-electron chi connectivity index (χ4n) is 1.64. The summed E-state index contributed by atoms with van der Waals surface area (Å²) in [4.78, 5) is 0. The van der Waals surface area contributed by atoms with Crippen LogP contribution in [0.1, 0.15) is 30.9 Å². The zero-order chi connectivity index (χ0) is 9.10. The molecule has 1 aliphatic rings. The molecule has 72 valence electrons. The monoisotopic (exact) mass is 214 g/mol. The van der Waals surface area contributed by atoms with E-state index in [0.717, 1.165) is 0 Å². The van der Waals surface area contributed by atoms with Crippen molar-refractivity contribution < 1.29 is 0 Å². The molecule has 0 aromatic carbocycles. The average Bonchev–Trinajstić information content (AvgIpc) is 2.71. The predicted molar refractivity (Wildman–Crippen MR) is 59.1 cm³/mol. The van der Waals surface area contributed by atoms with Gasteiger partial charge in [0, 0.05) is 28.4 Å². The molecule has 2 nitrogen and oxygen atoms in total. The van der Waals surface area contributed by atoms with E-state index in [1.165, 1.54) is 42.1 Å². The maximum absolute atomic E-state index is 6.16. The molecule has 0 bridgehead atoms. The molecule has 0 aliphatic carbocycles. The van der Waals surface area contributed by atoms with Gasteiger partial charge < -0.3 is 5.73 Å². The van der Waals surface area contributed by atoms with Crippen molar-refractivity contribution in [2.75, 3.05) is 5.75 Å². The molecule has 2 heterocycles. The lowest BCUT2D eigenvalue weighted by Gasteiger charge is -2.26. The standard InChI is InChI=1S/C9H14N2S2/c10-9(7-5-11-13-6-7)8-3-1-2-4-12-8/h5-6,8-9H,1-4,10H2. The van der Waals surface area contributed by atoms with E-state index >= 15 is 0 Å². The number of thioether (sulfide) groups is 1. The van der Waals surface area contributed by atoms with E-state index in [2.05, 4.69) is 9.75 Å². The first-order chi connectivity index (χ1) is 6.38. The smallest absolute Gasteiger partial charge is 0.0455 e. The Morgan fingerprint density at radius 1 is 1.54 bits per heavy atom. The van der Waals surface area contributed by atoms with Gasteiger partial charge in [-0.3, -0.25) is 0 Å². The van der Waals surface area contributed by atoms with Crippen LogP contribution in [0.25, 0.3) is 0 Å². The van der Waals surface area contributed by atoms with Crippen LogP contribution in [-0.4, -0.2) is 15.4 Å². The van der Waals surface area contributed by atoms with Gasteiger partial charge in [-0.25, -0.2) is 4.37 Å². The molecule has 2 rings (SSSR count). The summed E-state index contributed by atoms with van der Waals surface area (Å²) in [5, 5.41) is 2.69. The van der Waals surface area contributed by atoms with Gasteiger partial charge in [-0.2, -0.15) is 11.8 Å². The first kappa shape index (κ1) is 9.49. The van der Waals surface area contributed by atoms with Crippen LogP contribution in [-0.2, 0) is 0 Å². The fourth-order valence-corrected chi connectivity index (χ4v) is 3.60. The van der Waals surface area contributed by atoms with Gasteiger partial charge in [0.05, 0.1) is 0 Å². The fraction of sp³-hybridized carbons (Fsp3) is 0.667. The number of aromatic nitrogens is 1. The van der Waals surface area contributed by atoms with Crippen molar-refractivity contribution in [2.45, 2.75) is 30.6 Å². The average molecular weight is 214 g/mol. The van der Waals surface area contributed by atoms with E-state index in [4.69, 9.17) is 5.73 Å². The molecule has 0 amide bonds. The Hall–Kier alpha value is -0.0600. The van der Waals surface area contributed by atoms with Gasteiger partial charge in [-0.05, 0) is 30.1 Å². The minimum absolute atomic E-state index is 0.198. The van der Waals surface area contributed by atoms with E-state index in [0.29, 0.717) is 5.25 Å². The van der Waals surface area contributed by atoms with Crippen molar-refractivity contribution in [1.82, 2.24) is 4.37 Å². The van der Waals surface area contributed by atoms with E-state index < -0.39 is 0 Å². The van der Waals surface area contributed by atoms with Crippen LogP contribution in [0.4, 0.5) is 0 Å². The minimum Gasteiger partial charge on any atom is -0.323 e. The van der Waals surface area contributed by atoms with Gasteiger partial charge in [-0.15, -0.1) is 0 Å². The Morgan fingerprint density at radius 3 is 3.08 bits per heavy atom. The lowest BCUT2D eigenvalue weighted by atomic mass is 10.0. The Morgan fingerprint density at radius 2 is 2.46 bits per heavy atom. The largest absolute Gasteiger partial charge is 0.323 e. The molecule has 2 atom stereocenters. The summed E-state index contributed by atoms with van der Waals surface area (Å²) in [6.45, 7) is 0. The molecule has 1 saturated heterocycles. The highest BCUT2D eigenvalue weighted by Crippen LogP contribution is 2.33. The van der Waals surface area contributed by atoms with Crippen LogP contribution in [0.15, 0.2) is 11.6 Å². The first-order valence-corrected chi connectivity index (χ1v) is 6.53. The topological polar surface area (TPSA) is 38.9 Å². The summed E-state index contributed by atoms with van der Waals surface area (Å²) in [7, 11) is 0. The molecule has 2 unspecified atom stereocenters. The molecule has 13 heavy (non-hydrogen) atoms. The van der Waals surface area contributed by atoms with Crippen molar-refractivity contribution in [1.29, 1.82) is 0 Å². The summed E-state index contributed by atoms with van der Waals surface area (Å²) in [5.41, 5.74) is 7.37. The van der Waals surface area contributed by atoms with E-state index in [1.54, 1.807) is 0 Å². The quantitative estimate of drug-likeness (QED) is 0.822.